The number of nitrogens with one attached hydrogen (secondary N) is 1. The maximum absolute atomic E-state index is 13.9. The van der Waals surface area contributed by atoms with Crippen molar-refractivity contribution < 1.29 is 33.3 Å². The Kier molecular flexibility index (Phi) is 7.09. The van der Waals surface area contributed by atoms with Gasteiger partial charge in [-0.15, -0.1) is 0 Å². The average Bonchev–Trinajstić information content (AvgIpc) is 3.15. The number of carbonyl (C=O) groups is 1. The number of hydrogen-bond acceptors (Lipinski definition) is 5. The summed E-state index contributed by atoms with van der Waals surface area (Å²) in [7, 11) is 1.13. The van der Waals surface area contributed by atoms with Crippen LogP contribution >= 0.6 is 0 Å². The minimum atomic E-state index is -1.54. The van der Waals surface area contributed by atoms with Gasteiger partial charge in [0.2, 0.25) is 0 Å². The van der Waals surface area contributed by atoms with E-state index >= 15 is 0 Å². The third-order valence-corrected chi connectivity index (χ3v) is 5.98. The van der Waals surface area contributed by atoms with Crippen LogP contribution in [0.2, 0.25) is 0 Å². The standard InChI is InChI=1S/C26H25F2NO5/c1-33-25-21(27)12-15(13-22(25)28)24(31)23(30)10-11-29-26(32)34-14-20-18-8-4-2-6-16(18)17-7-3-5-9-19(17)20/h2-9,12-13,20,23-24,30-31H,10-11,14H2,1H3,(H,29,32). The zero-order valence-corrected chi connectivity index (χ0v) is 18.5. The quantitative estimate of drug-likeness (QED) is 0.458. The number of amides is 1. The summed E-state index contributed by atoms with van der Waals surface area (Å²) in [6.07, 6.45) is -3.62. The maximum atomic E-state index is 13.9. The summed E-state index contributed by atoms with van der Waals surface area (Å²) in [6.45, 7) is 0.144. The molecule has 2 unspecified atom stereocenters. The van der Waals surface area contributed by atoms with Gasteiger partial charge in [0.15, 0.2) is 17.4 Å². The van der Waals surface area contributed by atoms with E-state index in [4.69, 9.17) is 4.74 Å². The second-order valence-corrected chi connectivity index (χ2v) is 8.07. The fraction of sp³-hybridized carbons (Fsp3) is 0.269. The van der Waals surface area contributed by atoms with Crippen LogP contribution < -0.4 is 10.1 Å². The second-order valence-electron chi connectivity index (χ2n) is 8.07. The molecular formula is C26H25F2NO5. The topological polar surface area (TPSA) is 88.0 Å². The molecule has 0 bridgehead atoms. The van der Waals surface area contributed by atoms with E-state index in [9.17, 15) is 23.8 Å². The van der Waals surface area contributed by atoms with Gasteiger partial charge in [-0.05, 0) is 46.4 Å². The van der Waals surface area contributed by atoms with Crippen LogP contribution in [0.15, 0.2) is 60.7 Å². The van der Waals surface area contributed by atoms with Crippen LogP contribution in [0, 0.1) is 11.6 Å². The molecule has 1 aliphatic carbocycles. The molecule has 3 aromatic rings. The molecule has 0 heterocycles. The van der Waals surface area contributed by atoms with Gasteiger partial charge >= 0.3 is 6.09 Å². The highest BCUT2D eigenvalue weighted by atomic mass is 19.1. The summed E-state index contributed by atoms with van der Waals surface area (Å²) in [5.41, 5.74) is 4.29. The van der Waals surface area contributed by atoms with Gasteiger partial charge in [-0.2, -0.15) is 0 Å². The summed E-state index contributed by atoms with van der Waals surface area (Å²) in [5, 5.41) is 23.0. The predicted molar refractivity (Wildman–Crippen MR) is 122 cm³/mol. The predicted octanol–water partition coefficient (Wildman–Crippen LogP) is 4.30. The van der Waals surface area contributed by atoms with Crippen LogP contribution in [-0.2, 0) is 4.74 Å². The normalized spacial score (nSPS) is 14.1. The van der Waals surface area contributed by atoms with E-state index in [0.717, 1.165) is 41.5 Å². The van der Waals surface area contributed by atoms with E-state index in [2.05, 4.69) is 10.1 Å². The van der Waals surface area contributed by atoms with E-state index < -0.39 is 35.7 Å². The zero-order chi connectivity index (χ0) is 24.2. The molecule has 0 saturated heterocycles. The second kappa shape index (κ2) is 10.2. The molecule has 0 radical (unpaired) electrons. The first-order valence-corrected chi connectivity index (χ1v) is 10.9. The van der Waals surface area contributed by atoms with Gasteiger partial charge in [0.05, 0.1) is 13.2 Å². The molecule has 8 heteroatoms. The van der Waals surface area contributed by atoms with Crippen LogP contribution in [0.25, 0.3) is 11.1 Å². The first kappa shape index (κ1) is 23.7. The summed E-state index contributed by atoms with van der Waals surface area (Å²) >= 11 is 0. The molecule has 1 aliphatic rings. The van der Waals surface area contributed by atoms with Gasteiger partial charge in [-0.1, -0.05) is 48.5 Å². The summed E-state index contributed by atoms with van der Waals surface area (Å²) in [4.78, 5) is 12.2. The Morgan fingerprint density at radius 2 is 1.56 bits per heavy atom. The molecule has 34 heavy (non-hydrogen) atoms. The molecule has 0 aromatic heterocycles. The van der Waals surface area contributed by atoms with E-state index in [1.807, 2.05) is 48.5 Å². The molecule has 0 aliphatic heterocycles. The number of ether oxygens (including phenoxy) is 2. The van der Waals surface area contributed by atoms with Crippen molar-refractivity contribution in [3.63, 3.8) is 0 Å². The van der Waals surface area contributed by atoms with Crippen molar-refractivity contribution in [2.45, 2.75) is 24.5 Å². The molecule has 2 atom stereocenters. The van der Waals surface area contributed by atoms with E-state index in [1.165, 1.54) is 0 Å². The highest BCUT2D eigenvalue weighted by Gasteiger charge is 2.29. The van der Waals surface area contributed by atoms with Gasteiger partial charge in [-0.25, -0.2) is 13.6 Å². The molecule has 0 spiro atoms. The Morgan fingerprint density at radius 3 is 2.12 bits per heavy atom. The number of rotatable bonds is 8. The molecular weight excluding hydrogens is 444 g/mol. The Balaban J connectivity index is 1.29. The molecule has 6 nitrogen and oxygen atoms in total. The molecule has 178 valence electrons. The van der Waals surface area contributed by atoms with Gasteiger partial charge in [0.1, 0.15) is 12.7 Å². The van der Waals surface area contributed by atoms with Crippen LogP contribution in [0.4, 0.5) is 13.6 Å². The number of aliphatic hydroxyl groups is 2. The van der Waals surface area contributed by atoms with Crippen molar-refractivity contribution in [2.24, 2.45) is 0 Å². The smallest absolute Gasteiger partial charge is 0.407 e. The monoisotopic (exact) mass is 469 g/mol. The Morgan fingerprint density at radius 1 is 1.00 bits per heavy atom. The lowest BCUT2D eigenvalue weighted by molar-refractivity contribution is 0.0133. The lowest BCUT2D eigenvalue weighted by Gasteiger charge is -2.19. The minimum Gasteiger partial charge on any atom is -0.491 e. The molecule has 0 saturated carbocycles. The first-order valence-electron chi connectivity index (χ1n) is 10.9. The van der Waals surface area contributed by atoms with Crippen molar-refractivity contribution in [3.05, 3.63) is 89.0 Å². The summed E-state index contributed by atoms with van der Waals surface area (Å²) in [6, 6.07) is 17.8. The number of benzene rings is 3. The number of aliphatic hydroxyl groups excluding tert-OH is 2. The Labute approximate surface area is 195 Å². The first-order chi connectivity index (χ1) is 16.4. The maximum Gasteiger partial charge on any atom is 0.407 e. The zero-order valence-electron chi connectivity index (χ0n) is 18.5. The number of hydrogen-bond donors (Lipinski definition) is 3. The SMILES string of the molecule is COc1c(F)cc(C(O)C(O)CCNC(=O)OCC2c3ccccc3-c3ccccc32)cc1F. The Bertz CT molecular complexity index is 1120. The molecule has 1 amide bonds. The molecule has 3 aromatic carbocycles. The van der Waals surface area contributed by atoms with Crippen LogP contribution in [0.5, 0.6) is 5.75 Å². The highest BCUT2D eigenvalue weighted by molar-refractivity contribution is 5.79. The molecule has 0 fully saturated rings. The molecule has 3 N–H and O–H groups in total. The Hall–Kier alpha value is -3.49. The van der Waals surface area contributed by atoms with Crippen LogP contribution in [0.3, 0.4) is 0 Å². The van der Waals surface area contributed by atoms with Crippen molar-refractivity contribution in [3.8, 4) is 16.9 Å². The highest BCUT2D eigenvalue weighted by Crippen LogP contribution is 2.44. The van der Waals surface area contributed by atoms with Crippen LogP contribution in [-0.4, -0.2) is 42.7 Å². The van der Waals surface area contributed by atoms with E-state index in [-0.39, 0.29) is 31.1 Å². The summed E-state index contributed by atoms with van der Waals surface area (Å²) < 4.78 is 37.7. The largest absolute Gasteiger partial charge is 0.491 e. The minimum absolute atomic E-state index is 0.00395. The summed E-state index contributed by atoms with van der Waals surface area (Å²) in [5.74, 6) is -2.62. The average molecular weight is 469 g/mol. The number of carbonyl (C=O) groups excluding carboxylic acids is 1. The van der Waals surface area contributed by atoms with Gasteiger partial charge in [0.25, 0.3) is 0 Å². The van der Waals surface area contributed by atoms with Crippen molar-refractivity contribution in [2.75, 3.05) is 20.3 Å². The van der Waals surface area contributed by atoms with Gasteiger partial charge in [0, 0.05) is 12.5 Å². The lowest BCUT2D eigenvalue weighted by atomic mass is 9.98. The molecule has 4 rings (SSSR count). The van der Waals surface area contributed by atoms with Crippen molar-refractivity contribution in [1.29, 1.82) is 0 Å². The van der Waals surface area contributed by atoms with E-state index in [0.29, 0.717) is 0 Å². The lowest BCUT2D eigenvalue weighted by Crippen LogP contribution is -2.30. The van der Waals surface area contributed by atoms with Gasteiger partial charge in [-0.3, -0.25) is 0 Å². The van der Waals surface area contributed by atoms with E-state index in [1.54, 1.807) is 0 Å². The van der Waals surface area contributed by atoms with Crippen LogP contribution in [0.1, 0.15) is 35.1 Å². The number of fused-ring (bicyclic) bond motifs is 3. The number of halogens is 2. The number of methoxy groups -OCH3 is 1. The third kappa shape index (κ3) is 4.73. The fourth-order valence-corrected chi connectivity index (χ4v) is 4.30. The van der Waals surface area contributed by atoms with Crippen molar-refractivity contribution in [1.82, 2.24) is 5.32 Å². The van der Waals surface area contributed by atoms with Gasteiger partial charge < -0.3 is 25.0 Å². The third-order valence-electron chi connectivity index (χ3n) is 5.98. The van der Waals surface area contributed by atoms with Crippen molar-refractivity contribution >= 4 is 6.09 Å². The fourth-order valence-electron chi connectivity index (χ4n) is 4.30. The number of alkyl carbamates (subject to hydrolysis) is 1.